The minimum atomic E-state index is -0.206. The van der Waals surface area contributed by atoms with Crippen LogP contribution in [0.1, 0.15) is 6.92 Å². The molecule has 1 aliphatic carbocycles. The van der Waals surface area contributed by atoms with Crippen LogP contribution in [-0.2, 0) is 4.79 Å². The molecule has 2 aliphatic rings. The van der Waals surface area contributed by atoms with E-state index in [2.05, 4.69) is 10.2 Å². The lowest BCUT2D eigenvalue weighted by molar-refractivity contribution is -0.122. The number of fused-ring (bicyclic) bond motifs is 1. The fourth-order valence-corrected chi connectivity index (χ4v) is 2.48. The predicted octanol–water partition coefficient (Wildman–Crippen LogP) is -0.990. The second-order valence-corrected chi connectivity index (χ2v) is 4.17. The van der Waals surface area contributed by atoms with Crippen molar-refractivity contribution < 1.29 is 4.79 Å². The molecular weight excluding hydrogens is 166 g/mol. The number of amides is 1. The number of rotatable bonds is 3. The average molecular weight is 183 g/mol. The Bertz CT molecular complexity index is 219. The molecule has 0 radical (unpaired) electrons. The van der Waals surface area contributed by atoms with Gasteiger partial charge >= 0.3 is 0 Å². The summed E-state index contributed by atoms with van der Waals surface area (Å²) in [5.41, 5.74) is 5.25. The third kappa shape index (κ3) is 1.34. The van der Waals surface area contributed by atoms with Crippen LogP contribution in [0.15, 0.2) is 0 Å². The molecule has 0 aromatic heterocycles. The summed E-state index contributed by atoms with van der Waals surface area (Å²) >= 11 is 0. The van der Waals surface area contributed by atoms with Crippen molar-refractivity contribution in [3.63, 3.8) is 0 Å². The second-order valence-electron chi connectivity index (χ2n) is 4.17. The van der Waals surface area contributed by atoms with Crippen LogP contribution in [0.3, 0.4) is 0 Å². The van der Waals surface area contributed by atoms with Crippen LogP contribution in [0.25, 0.3) is 0 Å². The minimum Gasteiger partial charge on any atom is -0.368 e. The van der Waals surface area contributed by atoms with Crippen molar-refractivity contribution >= 4 is 5.91 Å². The normalized spacial score (nSPS) is 40.0. The Balaban J connectivity index is 1.86. The fraction of sp³-hybridized carbons (Fsp3) is 0.889. The number of hydrogen-bond acceptors (Lipinski definition) is 3. The van der Waals surface area contributed by atoms with Crippen LogP contribution in [0.2, 0.25) is 0 Å². The van der Waals surface area contributed by atoms with Crippen molar-refractivity contribution in [3.8, 4) is 0 Å². The van der Waals surface area contributed by atoms with E-state index in [9.17, 15) is 4.79 Å². The summed E-state index contributed by atoms with van der Waals surface area (Å²) in [5, 5.41) is 3.29. The molecule has 1 aliphatic heterocycles. The van der Waals surface area contributed by atoms with E-state index in [1.165, 1.54) is 0 Å². The molecule has 1 heterocycles. The molecule has 0 bridgehead atoms. The topological polar surface area (TPSA) is 58.4 Å². The van der Waals surface area contributed by atoms with Gasteiger partial charge < -0.3 is 11.1 Å². The van der Waals surface area contributed by atoms with Crippen molar-refractivity contribution in [2.24, 2.45) is 17.6 Å². The average Bonchev–Trinajstić information content (AvgIpc) is 2.56. The van der Waals surface area contributed by atoms with Crippen LogP contribution in [0, 0.1) is 11.8 Å². The Hall–Kier alpha value is -0.610. The lowest BCUT2D eigenvalue weighted by Gasteiger charge is -2.23. The molecule has 0 spiro atoms. The standard InChI is InChI=1S/C9H17N3O/c1-5(9(10)13)12-3-6-7(4-12)8(6)11-2/h5-8,11H,3-4H2,1-2H3,(H2,10,13). The Morgan fingerprint density at radius 1 is 1.54 bits per heavy atom. The molecular formula is C9H17N3O. The molecule has 3 atom stereocenters. The molecule has 2 fully saturated rings. The SMILES string of the molecule is CNC1C2CN(C(C)C(N)=O)CC21. The molecule has 74 valence electrons. The number of nitrogens with one attached hydrogen (secondary N) is 1. The molecule has 3 N–H and O–H groups in total. The first-order chi connectivity index (χ1) is 6.15. The van der Waals surface area contributed by atoms with E-state index in [4.69, 9.17) is 5.73 Å². The first-order valence-electron chi connectivity index (χ1n) is 4.85. The quantitative estimate of drug-likeness (QED) is 0.590. The van der Waals surface area contributed by atoms with E-state index in [-0.39, 0.29) is 11.9 Å². The maximum Gasteiger partial charge on any atom is 0.234 e. The molecule has 13 heavy (non-hydrogen) atoms. The lowest BCUT2D eigenvalue weighted by Crippen LogP contribution is -2.43. The van der Waals surface area contributed by atoms with Crippen LogP contribution >= 0.6 is 0 Å². The van der Waals surface area contributed by atoms with Gasteiger partial charge in [-0.05, 0) is 25.8 Å². The minimum absolute atomic E-state index is 0.0923. The number of carbonyl (C=O) groups is 1. The number of carbonyl (C=O) groups excluding carboxylic acids is 1. The van der Waals surface area contributed by atoms with Crippen molar-refractivity contribution in [2.45, 2.75) is 19.0 Å². The number of nitrogens with two attached hydrogens (primary N) is 1. The zero-order valence-electron chi connectivity index (χ0n) is 8.16. The monoisotopic (exact) mass is 183 g/mol. The Morgan fingerprint density at radius 3 is 2.46 bits per heavy atom. The van der Waals surface area contributed by atoms with Gasteiger partial charge in [-0.3, -0.25) is 9.69 Å². The molecule has 1 saturated heterocycles. The molecule has 0 aromatic rings. The largest absolute Gasteiger partial charge is 0.368 e. The highest BCUT2D eigenvalue weighted by Crippen LogP contribution is 2.45. The molecule has 1 amide bonds. The van der Waals surface area contributed by atoms with Crippen LogP contribution in [0.5, 0.6) is 0 Å². The number of piperidine rings is 1. The molecule has 3 unspecified atom stereocenters. The Labute approximate surface area is 78.5 Å². The molecule has 1 saturated carbocycles. The number of nitrogens with zero attached hydrogens (tertiary/aromatic N) is 1. The fourth-order valence-electron chi connectivity index (χ4n) is 2.48. The van der Waals surface area contributed by atoms with Gasteiger partial charge in [0.2, 0.25) is 5.91 Å². The predicted molar refractivity (Wildman–Crippen MR) is 50.1 cm³/mol. The highest BCUT2D eigenvalue weighted by molar-refractivity contribution is 5.79. The highest BCUT2D eigenvalue weighted by Gasteiger charge is 2.55. The van der Waals surface area contributed by atoms with Crippen molar-refractivity contribution in [3.05, 3.63) is 0 Å². The summed E-state index contributed by atoms with van der Waals surface area (Å²) in [6.07, 6.45) is 0. The Kier molecular flexibility index (Phi) is 2.04. The molecule has 0 aromatic carbocycles. The molecule has 4 nitrogen and oxygen atoms in total. The summed E-state index contributed by atoms with van der Waals surface area (Å²) in [7, 11) is 2.00. The van der Waals surface area contributed by atoms with Gasteiger partial charge in [-0.1, -0.05) is 0 Å². The van der Waals surface area contributed by atoms with E-state index in [1.54, 1.807) is 0 Å². The van der Waals surface area contributed by atoms with Gasteiger partial charge in [0, 0.05) is 19.1 Å². The summed E-state index contributed by atoms with van der Waals surface area (Å²) in [6.45, 7) is 3.95. The van der Waals surface area contributed by atoms with E-state index >= 15 is 0 Å². The van der Waals surface area contributed by atoms with E-state index < -0.39 is 0 Å². The first kappa shape index (κ1) is 8.97. The van der Waals surface area contributed by atoms with Gasteiger partial charge in [-0.25, -0.2) is 0 Å². The summed E-state index contributed by atoms with van der Waals surface area (Å²) in [5.74, 6) is 1.31. The third-order valence-electron chi connectivity index (χ3n) is 3.52. The molecule has 2 rings (SSSR count). The zero-order chi connectivity index (χ0) is 9.59. The van der Waals surface area contributed by atoms with Crippen LogP contribution in [0.4, 0.5) is 0 Å². The van der Waals surface area contributed by atoms with Crippen molar-refractivity contribution in [2.75, 3.05) is 20.1 Å². The number of hydrogen-bond donors (Lipinski definition) is 2. The number of primary amides is 1. The van der Waals surface area contributed by atoms with E-state index in [1.807, 2.05) is 14.0 Å². The van der Waals surface area contributed by atoms with E-state index in [0.717, 1.165) is 24.9 Å². The van der Waals surface area contributed by atoms with E-state index in [0.29, 0.717) is 6.04 Å². The maximum absolute atomic E-state index is 10.9. The maximum atomic E-state index is 10.9. The van der Waals surface area contributed by atoms with Crippen LogP contribution < -0.4 is 11.1 Å². The molecule has 4 heteroatoms. The van der Waals surface area contributed by atoms with Gasteiger partial charge in [0.1, 0.15) is 0 Å². The van der Waals surface area contributed by atoms with Gasteiger partial charge in [-0.15, -0.1) is 0 Å². The lowest BCUT2D eigenvalue weighted by atomic mass is 10.2. The number of likely N-dealkylation sites (tertiary alicyclic amines) is 1. The highest BCUT2D eigenvalue weighted by atomic mass is 16.1. The van der Waals surface area contributed by atoms with Gasteiger partial charge in [0.05, 0.1) is 6.04 Å². The van der Waals surface area contributed by atoms with Gasteiger partial charge in [-0.2, -0.15) is 0 Å². The van der Waals surface area contributed by atoms with Crippen molar-refractivity contribution in [1.29, 1.82) is 0 Å². The first-order valence-corrected chi connectivity index (χ1v) is 4.85. The smallest absolute Gasteiger partial charge is 0.234 e. The summed E-state index contributed by atoms with van der Waals surface area (Å²) < 4.78 is 0. The van der Waals surface area contributed by atoms with Crippen LogP contribution in [-0.4, -0.2) is 43.0 Å². The zero-order valence-corrected chi connectivity index (χ0v) is 8.16. The van der Waals surface area contributed by atoms with Gasteiger partial charge in [0.25, 0.3) is 0 Å². The second kappa shape index (κ2) is 2.96. The Morgan fingerprint density at radius 2 is 2.08 bits per heavy atom. The van der Waals surface area contributed by atoms with Gasteiger partial charge in [0.15, 0.2) is 0 Å². The third-order valence-corrected chi connectivity index (χ3v) is 3.52. The summed E-state index contributed by atoms with van der Waals surface area (Å²) in [4.78, 5) is 13.1. The summed E-state index contributed by atoms with van der Waals surface area (Å²) in [6, 6.07) is 0.599. The van der Waals surface area contributed by atoms with Crippen molar-refractivity contribution in [1.82, 2.24) is 10.2 Å².